The molecule has 0 aliphatic carbocycles. The molecular weight excluding hydrogens is 230 g/mol. The van der Waals surface area contributed by atoms with Gasteiger partial charge in [-0.3, -0.25) is 0 Å². The molecule has 1 unspecified atom stereocenters. The van der Waals surface area contributed by atoms with E-state index in [0.29, 0.717) is 6.61 Å². The third-order valence-electron chi connectivity index (χ3n) is 2.38. The normalized spacial score (nSPS) is 14.2. The first-order valence-electron chi connectivity index (χ1n) is 5.07. The van der Waals surface area contributed by atoms with Crippen molar-refractivity contribution in [1.82, 2.24) is 5.32 Å². The summed E-state index contributed by atoms with van der Waals surface area (Å²) in [6.45, 7) is 6.90. The van der Waals surface area contributed by atoms with Gasteiger partial charge in [0.25, 0.3) is 0 Å². The molecule has 0 amide bonds. The summed E-state index contributed by atoms with van der Waals surface area (Å²) in [5.74, 6) is 0. The molecule has 0 aliphatic heterocycles. The van der Waals surface area contributed by atoms with Crippen LogP contribution in [0.1, 0.15) is 31.7 Å². The molecule has 0 saturated heterocycles. The van der Waals surface area contributed by atoms with Gasteiger partial charge in [-0.05, 0) is 40.0 Å². The van der Waals surface area contributed by atoms with Crippen LogP contribution in [-0.4, -0.2) is 19.3 Å². The average molecular weight is 248 g/mol. The van der Waals surface area contributed by atoms with Gasteiger partial charge in [0.2, 0.25) is 0 Å². The fourth-order valence-corrected chi connectivity index (χ4v) is 3.12. The van der Waals surface area contributed by atoms with E-state index in [1.165, 1.54) is 4.88 Å². The van der Waals surface area contributed by atoms with Crippen molar-refractivity contribution in [2.45, 2.75) is 32.4 Å². The van der Waals surface area contributed by atoms with Crippen LogP contribution in [0.5, 0.6) is 0 Å². The Morgan fingerprint density at radius 1 is 1.53 bits per heavy atom. The Balaban J connectivity index is 2.88. The van der Waals surface area contributed by atoms with Crippen LogP contribution in [0.3, 0.4) is 0 Å². The predicted octanol–water partition coefficient (Wildman–Crippen LogP) is 3.48. The van der Waals surface area contributed by atoms with E-state index in [4.69, 9.17) is 16.3 Å². The molecule has 0 fully saturated rings. The van der Waals surface area contributed by atoms with Crippen LogP contribution in [0.4, 0.5) is 0 Å². The lowest BCUT2D eigenvalue weighted by Crippen LogP contribution is -2.39. The summed E-state index contributed by atoms with van der Waals surface area (Å²) < 4.78 is 6.56. The van der Waals surface area contributed by atoms with Crippen LogP contribution in [0.15, 0.2) is 12.1 Å². The highest BCUT2D eigenvalue weighted by atomic mass is 35.5. The summed E-state index contributed by atoms with van der Waals surface area (Å²) in [4.78, 5) is 1.21. The second-order valence-corrected chi connectivity index (χ2v) is 5.65. The van der Waals surface area contributed by atoms with Crippen LogP contribution in [0.25, 0.3) is 0 Å². The topological polar surface area (TPSA) is 21.3 Å². The van der Waals surface area contributed by atoms with Crippen LogP contribution < -0.4 is 5.32 Å². The molecule has 1 heterocycles. The Kier molecular flexibility index (Phi) is 4.59. The molecule has 0 aromatic carbocycles. The number of hydrogen-bond acceptors (Lipinski definition) is 3. The van der Waals surface area contributed by atoms with Gasteiger partial charge in [-0.15, -0.1) is 11.3 Å². The van der Waals surface area contributed by atoms with E-state index >= 15 is 0 Å². The lowest BCUT2D eigenvalue weighted by Gasteiger charge is -2.33. The molecule has 0 spiro atoms. The zero-order chi connectivity index (χ0) is 11.5. The molecule has 4 heteroatoms. The molecule has 1 aromatic rings. The Morgan fingerprint density at radius 2 is 2.20 bits per heavy atom. The van der Waals surface area contributed by atoms with E-state index in [0.717, 1.165) is 4.34 Å². The summed E-state index contributed by atoms with van der Waals surface area (Å²) in [5, 5.41) is 3.28. The predicted molar refractivity (Wildman–Crippen MR) is 66.8 cm³/mol. The second-order valence-electron chi connectivity index (χ2n) is 3.90. The highest BCUT2D eigenvalue weighted by Crippen LogP contribution is 2.34. The van der Waals surface area contributed by atoms with Crippen molar-refractivity contribution in [3.8, 4) is 0 Å². The third-order valence-corrected chi connectivity index (χ3v) is 3.67. The van der Waals surface area contributed by atoms with Crippen molar-refractivity contribution >= 4 is 22.9 Å². The largest absolute Gasteiger partial charge is 0.374 e. The van der Waals surface area contributed by atoms with Crippen LogP contribution in [-0.2, 0) is 4.74 Å². The summed E-state index contributed by atoms with van der Waals surface area (Å²) in [6, 6.07) is 4.15. The van der Waals surface area contributed by atoms with Gasteiger partial charge in [-0.2, -0.15) is 0 Å². The number of thiophene rings is 1. The maximum absolute atomic E-state index is 5.94. The average Bonchev–Trinajstić information content (AvgIpc) is 2.52. The highest BCUT2D eigenvalue weighted by Gasteiger charge is 2.31. The van der Waals surface area contributed by atoms with E-state index in [-0.39, 0.29) is 11.6 Å². The zero-order valence-electron chi connectivity index (χ0n) is 9.63. The Labute approximate surface area is 101 Å². The standard InChI is InChI=1S/C11H18ClNOS/c1-5-14-11(2,3)10(13-4)8-6-7-9(12)15-8/h6-7,10,13H,5H2,1-4H3. The molecule has 1 atom stereocenters. The van der Waals surface area contributed by atoms with E-state index in [1.54, 1.807) is 11.3 Å². The van der Waals surface area contributed by atoms with Gasteiger partial charge in [0.1, 0.15) is 0 Å². The van der Waals surface area contributed by atoms with Crippen molar-refractivity contribution in [2.75, 3.05) is 13.7 Å². The minimum Gasteiger partial charge on any atom is -0.374 e. The molecule has 1 N–H and O–H groups in total. The molecule has 0 bridgehead atoms. The fourth-order valence-electron chi connectivity index (χ4n) is 1.77. The Bertz CT molecular complexity index is 311. The summed E-state index contributed by atoms with van der Waals surface area (Å²) in [6.07, 6.45) is 0. The summed E-state index contributed by atoms with van der Waals surface area (Å²) in [5.41, 5.74) is -0.225. The second kappa shape index (κ2) is 5.30. The lowest BCUT2D eigenvalue weighted by atomic mass is 9.97. The van der Waals surface area contributed by atoms with Gasteiger partial charge in [-0.25, -0.2) is 0 Å². The van der Waals surface area contributed by atoms with Gasteiger partial charge < -0.3 is 10.1 Å². The van der Waals surface area contributed by atoms with Gasteiger partial charge in [0, 0.05) is 11.5 Å². The number of ether oxygens (including phenoxy) is 1. The molecule has 2 nitrogen and oxygen atoms in total. The van der Waals surface area contributed by atoms with Crippen LogP contribution >= 0.6 is 22.9 Å². The van der Waals surface area contributed by atoms with Crippen molar-refractivity contribution < 1.29 is 4.74 Å². The van der Waals surface area contributed by atoms with E-state index < -0.39 is 0 Å². The first-order valence-corrected chi connectivity index (χ1v) is 6.27. The van der Waals surface area contributed by atoms with Crippen molar-refractivity contribution in [1.29, 1.82) is 0 Å². The minimum absolute atomic E-state index is 0.176. The number of hydrogen-bond donors (Lipinski definition) is 1. The first kappa shape index (κ1) is 13.0. The summed E-state index contributed by atoms with van der Waals surface area (Å²) in [7, 11) is 1.94. The highest BCUT2D eigenvalue weighted by molar-refractivity contribution is 7.16. The molecule has 0 saturated carbocycles. The molecule has 1 aromatic heterocycles. The number of rotatable bonds is 5. The molecule has 86 valence electrons. The maximum atomic E-state index is 5.94. The SMILES string of the molecule is CCOC(C)(C)C(NC)c1ccc(Cl)s1. The fraction of sp³-hybridized carbons (Fsp3) is 0.636. The van der Waals surface area contributed by atoms with Crippen LogP contribution in [0.2, 0.25) is 4.34 Å². The van der Waals surface area contributed by atoms with Crippen LogP contribution in [0, 0.1) is 0 Å². The quantitative estimate of drug-likeness (QED) is 0.860. The van der Waals surface area contributed by atoms with Gasteiger partial charge in [0.15, 0.2) is 0 Å². The van der Waals surface area contributed by atoms with Gasteiger partial charge >= 0.3 is 0 Å². The third kappa shape index (κ3) is 3.18. The van der Waals surface area contributed by atoms with Crippen molar-refractivity contribution in [2.24, 2.45) is 0 Å². The molecule has 0 aliphatic rings. The zero-order valence-corrected chi connectivity index (χ0v) is 11.2. The Morgan fingerprint density at radius 3 is 2.60 bits per heavy atom. The molecular formula is C11H18ClNOS. The maximum Gasteiger partial charge on any atom is 0.0931 e. The smallest absolute Gasteiger partial charge is 0.0931 e. The van der Waals surface area contributed by atoms with E-state index in [9.17, 15) is 0 Å². The first-order chi connectivity index (χ1) is 7.01. The number of halogens is 1. The molecule has 1 rings (SSSR count). The van der Waals surface area contributed by atoms with Crippen molar-refractivity contribution in [3.05, 3.63) is 21.3 Å². The monoisotopic (exact) mass is 247 g/mol. The number of likely N-dealkylation sites (N-methyl/N-ethyl adjacent to an activating group) is 1. The lowest BCUT2D eigenvalue weighted by molar-refractivity contribution is -0.0366. The van der Waals surface area contributed by atoms with E-state index in [1.807, 2.05) is 20.0 Å². The van der Waals surface area contributed by atoms with Gasteiger partial charge in [-0.1, -0.05) is 11.6 Å². The van der Waals surface area contributed by atoms with E-state index in [2.05, 4.69) is 25.2 Å². The minimum atomic E-state index is -0.225. The summed E-state index contributed by atoms with van der Waals surface area (Å²) >= 11 is 7.53. The number of nitrogens with one attached hydrogen (secondary N) is 1. The molecule has 15 heavy (non-hydrogen) atoms. The Hall–Kier alpha value is -0.0900. The van der Waals surface area contributed by atoms with Crippen molar-refractivity contribution in [3.63, 3.8) is 0 Å². The van der Waals surface area contributed by atoms with Gasteiger partial charge in [0.05, 0.1) is 16.0 Å². The molecule has 0 radical (unpaired) electrons.